The molecule has 1 heterocycles. The van der Waals surface area contributed by atoms with Gasteiger partial charge in [0.15, 0.2) is 5.82 Å². The van der Waals surface area contributed by atoms with Crippen LogP contribution in [-0.4, -0.2) is 17.7 Å². The van der Waals surface area contributed by atoms with Crippen molar-refractivity contribution in [2.75, 3.05) is 11.9 Å². The molecule has 0 aliphatic carbocycles. The van der Waals surface area contributed by atoms with Gasteiger partial charge in [0, 0.05) is 12.6 Å². The lowest BCUT2D eigenvalue weighted by molar-refractivity contribution is 0.251. The van der Waals surface area contributed by atoms with Gasteiger partial charge in [-0.1, -0.05) is 19.0 Å². The Morgan fingerprint density at radius 3 is 2.88 bits per heavy atom. The van der Waals surface area contributed by atoms with E-state index in [0.717, 1.165) is 12.8 Å². The number of nitrogens with zero attached hydrogens (tertiary/aromatic N) is 1. The van der Waals surface area contributed by atoms with Crippen LogP contribution in [0.25, 0.3) is 0 Å². The fraction of sp³-hybridized carbons (Fsp3) is 0.636. The molecule has 2 amide bonds. The third-order valence-electron chi connectivity index (χ3n) is 2.11. The zero-order valence-corrected chi connectivity index (χ0v) is 10.0. The first-order chi connectivity index (χ1) is 7.58. The van der Waals surface area contributed by atoms with Gasteiger partial charge in [0.05, 0.1) is 0 Å². The molecule has 0 saturated heterocycles. The summed E-state index contributed by atoms with van der Waals surface area (Å²) in [6.45, 7) is 6.79. The lowest BCUT2D eigenvalue weighted by Crippen LogP contribution is -2.29. The SMILES string of the molecule is Cc1cc(NC(=O)NCCCC(C)C)no1. The molecular formula is C11H19N3O2. The van der Waals surface area contributed by atoms with E-state index in [4.69, 9.17) is 4.52 Å². The van der Waals surface area contributed by atoms with Crippen LogP contribution >= 0.6 is 0 Å². The van der Waals surface area contributed by atoms with Gasteiger partial charge in [-0.05, 0) is 25.7 Å². The van der Waals surface area contributed by atoms with Crippen LogP contribution in [0, 0.1) is 12.8 Å². The second-order valence-electron chi connectivity index (χ2n) is 4.24. The maximum Gasteiger partial charge on any atom is 0.320 e. The molecule has 90 valence electrons. The molecule has 0 bridgehead atoms. The predicted molar refractivity (Wildman–Crippen MR) is 62.3 cm³/mol. The molecule has 0 atom stereocenters. The predicted octanol–water partition coefficient (Wildman–Crippen LogP) is 2.54. The average molecular weight is 225 g/mol. The van der Waals surface area contributed by atoms with Crippen LogP contribution in [-0.2, 0) is 0 Å². The Morgan fingerprint density at radius 2 is 2.31 bits per heavy atom. The Kier molecular flexibility index (Phi) is 4.82. The number of aryl methyl sites for hydroxylation is 1. The molecule has 1 aromatic rings. The largest absolute Gasteiger partial charge is 0.360 e. The van der Waals surface area contributed by atoms with Gasteiger partial charge < -0.3 is 9.84 Å². The van der Waals surface area contributed by atoms with Crippen LogP contribution in [0.2, 0.25) is 0 Å². The number of carbonyl (C=O) groups is 1. The van der Waals surface area contributed by atoms with Crippen molar-refractivity contribution >= 4 is 11.8 Å². The van der Waals surface area contributed by atoms with E-state index >= 15 is 0 Å². The second kappa shape index (κ2) is 6.15. The molecule has 5 nitrogen and oxygen atoms in total. The van der Waals surface area contributed by atoms with E-state index in [2.05, 4.69) is 29.6 Å². The Bertz CT molecular complexity index is 334. The van der Waals surface area contributed by atoms with Crippen LogP contribution in [0.15, 0.2) is 10.6 Å². The summed E-state index contributed by atoms with van der Waals surface area (Å²) in [6, 6.07) is 1.44. The van der Waals surface area contributed by atoms with Gasteiger partial charge in [-0.25, -0.2) is 4.79 Å². The number of hydrogen-bond acceptors (Lipinski definition) is 3. The zero-order valence-electron chi connectivity index (χ0n) is 10.0. The molecule has 0 aliphatic heterocycles. The third-order valence-corrected chi connectivity index (χ3v) is 2.11. The molecule has 0 saturated carbocycles. The van der Waals surface area contributed by atoms with Crippen LogP contribution in [0.3, 0.4) is 0 Å². The van der Waals surface area contributed by atoms with Crippen LogP contribution in [0.5, 0.6) is 0 Å². The van der Waals surface area contributed by atoms with Gasteiger partial charge in [-0.3, -0.25) is 5.32 Å². The summed E-state index contributed by atoms with van der Waals surface area (Å²) in [6.07, 6.45) is 2.10. The normalized spacial score (nSPS) is 10.5. The number of hydrogen-bond donors (Lipinski definition) is 2. The smallest absolute Gasteiger partial charge is 0.320 e. The summed E-state index contributed by atoms with van der Waals surface area (Å²) in [7, 11) is 0. The highest BCUT2D eigenvalue weighted by molar-refractivity contribution is 5.88. The molecule has 1 rings (SSSR count). The zero-order chi connectivity index (χ0) is 12.0. The standard InChI is InChI=1S/C11H19N3O2/c1-8(2)5-4-6-12-11(15)13-10-7-9(3)16-14-10/h7-8H,4-6H2,1-3H3,(H2,12,13,14,15). The maximum absolute atomic E-state index is 11.4. The Balaban J connectivity index is 2.16. The number of carbonyl (C=O) groups excluding carboxylic acids is 1. The van der Waals surface area contributed by atoms with Crippen molar-refractivity contribution in [1.29, 1.82) is 0 Å². The molecule has 5 heteroatoms. The monoisotopic (exact) mass is 225 g/mol. The minimum atomic E-state index is -0.239. The molecule has 0 spiro atoms. The van der Waals surface area contributed by atoms with Crippen LogP contribution in [0.4, 0.5) is 10.6 Å². The van der Waals surface area contributed by atoms with Gasteiger partial charge >= 0.3 is 6.03 Å². The summed E-state index contributed by atoms with van der Waals surface area (Å²) in [5, 5.41) is 9.03. The van der Waals surface area contributed by atoms with E-state index in [0.29, 0.717) is 24.0 Å². The van der Waals surface area contributed by atoms with Gasteiger partial charge in [-0.2, -0.15) is 0 Å². The molecular weight excluding hydrogens is 206 g/mol. The topological polar surface area (TPSA) is 67.2 Å². The van der Waals surface area contributed by atoms with E-state index in [1.807, 2.05) is 0 Å². The molecule has 0 aromatic carbocycles. The van der Waals surface area contributed by atoms with Crippen LogP contribution < -0.4 is 10.6 Å². The number of rotatable bonds is 5. The Hall–Kier alpha value is -1.52. The minimum Gasteiger partial charge on any atom is -0.360 e. The number of amides is 2. The molecule has 0 fully saturated rings. The summed E-state index contributed by atoms with van der Waals surface area (Å²) >= 11 is 0. The minimum absolute atomic E-state index is 0.239. The first-order valence-corrected chi connectivity index (χ1v) is 5.56. The summed E-state index contributed by atoms with van der Waals surface area (Å²) < 4.78 is 4.83. The van der Waals surface area contributed by atoms with Crippen LogP contribution in [0.1, 0.15) is 32.4 Å². The fourth-order valence-corrected chi connectivity index (χ4v) is 1.30. The number of nitrogens with one attached hydrogen (secondary N) is 2. The molecule has 1 aromatic heterocycles. The first-order valence-electron chi connectivity index (χ1n) is 5.56. The Labute approximate surface area is 95.6 Å². The summed E-state index contributed by atoms with van der Waals surface area (Å²) in [5.74, 6) is 1.79. The molecule has 16 heavy (non-hydrogen) atoms. The summed E-state index contributed by atoms with van der Waals surface area (Å²) in [5.41, 5.74) is 0. The van der Waals surface area contributed by atoms with Gasteiger partial charge in [0.2, 0.25) is 0 Å². The second-order valence-corrected chi connectivity index (χ2v) is 4.24. The van der Waals surface area contributed by atoms with E-state index in [-0.39, 0.29) is 6.03 Å². The fourth-order valence-electron chi connectivity index (χ4n) is 1.30. The van der Waals surface area contributed by atoms with Gasteiger partial charge in [0.1, 0.15) is 5.76 Å². The third kappa shape index (κ3) is 4.82. The summed E-state index contributed by atoms with van der Waals surface area (Å²) in [4.78, 5) is 11.4. The van der Waals surface area contributed by atoms with Crippen molar-refractivity contribution in [2.45, 2.75) is 33.6 Å². The van der Waals surface area contributed by atoms with Crippen molar-refractivity contribution in [1.82, 2.24) is 10.5 Å². The first kappa shape index (κ1) is 12.5. The molecule has 2 N–H and O–H groups in total. The number of anilines is 1. The number of aromatic nitrogens is 1. The van der Waals surface area contributed by atoms with Crippen molar-refractivity contribution < 1.29 is 9.32 Å². The quantitative estimate of drug-likeness (QED) is 0.757. The number of urea groups is 1. The van der Waals surface area contributed by atoms with Gasteiger partial charge in [-0.15, -0.1) is 0 Å². The molecule has 0 radical (unpaired) electrons. The lowest BCUT2D eigenvalue weighted by Gasteiger charge is -2.06. The van der Waals surface area contributed by atoms with E-state index < -0.39 is 0 Å². The maximum atomic E-state index is 11.4. The highest BCUT2D eigenvalue weighted by Crippen LogP contribution is 2.06. The highest BCUT2D eigenvalue weighted by Gasteiger charge is 2.04. The van der Waals surface area contributed by atoms with Crippen molar-refractivity contribution in [3.63, 3.8) is 0 Å². The lowest BCUT2D eigenvalue weighted by atomic mass is 10.1. The van der Waals surface area contributed by atoms with Gasteiger partial charge in [0.25, 0.3) is 0 Å². The van der Waals surface area contributed by atoms with Crippen molar-refractivity contribution in [3.8, 4) is 0 Å². The van der Waals surface area contributed by atoms with E-state index in [1.54, 1.807) is 13.0 Å². The van der Waals surface area contributed by atoms with E-state index in [9.17, 15) is 4.79 Å². The Morgan fingerprint density at radius 1 is 1.56 bits per heavy atom. The van der Waals surface area contributed by atoms with E-state index in [1.165, 1.54) is 0 Å². The van der Waals surface area contributed by atoms with Crippen molar-refractivity contribution in [2.24, 2.45) is 5.92 Å². The average Bonchev–Trinajstić information content (AvgIpc) is 2.58. The van der Waals surface area contributed by atoms with Crippen molar-refractivity contribution in [3.05, 3.63) is 11.8 Å². The molecule has 0 aliphatic rings. The highest BCUT2D eigenvalue weighted by atomic mass is 16.5. The molecule has 0 unspecified atom stereocenters.